The summed E-state index contributed by atoms with van der Waals surface area (Å²) in [6.07, 6.45) is 3.21. The highest BCUT2D eigenvalue weighted by Gasteiger charge is 2.23. The first-order chi connectivity index (χ1) is 10.8. The van der Waals surface area contributed by atoms with Gasteiger partial charge in [-0.05, 0) is 42.5 Å². The Morgan fingerprint density at radius 3 is 2.86 bits per heavy atom. The molecule has 1 amide bonds. The van der Waals surface area contributed by atoms with E-state index in [4.69, 9.17) is 0 Å². The molecule has 110 valence electrons. The molecule has 1 aliphatic carbocycles. The smallest absolute Gasteiger partial charge is 0.280 e. The Labute approximate surface area is 133 Å². The van der Waals surface area contributed by atoms with E-state index in [2.05, 4.69) is 28.5 Å². The van der Waals surface area contributed by atoms with Gasteiger partial charge < -0.3 is 5.32 Å². The molecule has 1 heterocycles. The van der Waals surface area contributed by atoms with E-state index < -0.39 is 0 Å². The van der Waals surface area contributed by atoms with Gasteiger partial charge in [-0.3, -0.25) is 4.79 Å². The van der Waals surface area contributed by atoms with Gasteiger partial charge in [-0.1, -0.05) is 36.4 Å². The number of aryl methyl sites for hydroxylation is 1. The first-order valence-corrected chi connectivity index (χ1v) is 8.37. The highest BCUT2D eigenvalue weighted by molar-refractivity contribution is 7.20. The number of fused-ring (bicyclic) bond motifs is 2. The second-order valence-corrected chi connectivity index (χ2v) is 6.63. The number of rotatable bonds is 2. The molecule has 0 saturated heterocycles. The standard InChI is InChI=1S/C18H16N2OS/c21-17(18-20-15-9-3-4-11-16(15)22-18)19-14-10-5-7-12-6-1-2-8-13(12)14/h1-4,6,8-9,11,14H,5,7,10H2,(H,19,21)/t14-/m0/s1. The van der Waals surface area contributed by atoms with Gasteiger partial charge in [0, 0.05) is 0 Å². The number of amides is 1. The van der Waals surface area contributed by atoms with Gasteiger partial charge in [0.05, 0.1) is 16.3 Å². The van der Waals surface area contributed by atoms with Crippen molar-refractivity contribution in [1.82, 2.24) is 10.3 Å². The molecule has 0 aliphatic heterocycles. The van der Waals surface area contributed by atoms with E-state index >= 15 is 0 Å². The lowest BCUT2D eigenvalue weighted by Gasteiger charge is -2.25. The van der Waals surface area contributed by atoms with Crippen LogP contribution in [0.1, 0.15) is 39.8 Å². The number of hydrogen-bond acceptors (Lipinski definition) is 3. The Bertz CT molecular complexity index is 807. The van der Waals surface area contributed by atoms with Gasteiger partial charge in [0.25, 0.3) is 5.91 Å². The molecule has 1 aliphatic rings. The number of aromatic nitrogens is 1. The number of benzene rings is 2. The molecule has 0 fully saturated rings. The Morgan fingerprint density at radius 2 is 1.95 bits per heavy atom. The van der Waals surface area contributed by atoms with Crippen LogP contribution in [0, 0.1) is 0 Å². The number of carbonyl (C=O) groups excluding carboxylic acids is 1. The summed E-state index contributed by atoms with van der Waals surface area (Å²) in [5, 5.41) is 3.71. The molecular weight excluding hydrogens is 292 g/mol. The van der Waals surface area contributed by atoms with Gasteiger partial charge in [-0.25, -0.2) is 4.98 Å². The van der Waals surface area contributed by atoms with E-state index in [0.29, 0.717) is 5.01 Å². The minimum absolute atomic E-state index is 0.0668. The van der Waals surface area contributed by atoms with Crippen LogP contribution in [0.4, 0.5) is 0 Å². The van der Waals surface area contributed by atoms with Crippen LogP contribution >= 0.6 is 11.3 Å². The third kappa shape index (κ3) is 2.40. The zero-order chi connectivity index (χ0) is 14.9. The summed E-state index contributed by atoms with van der Waals surface area (Å²) in [6, 6.07) is 16.4. The zero-order valence-electron chi connectivity index (χ0n) is 12.1. The average Bonchev–Trinajstić information content (AvgIpc) is 2.99. The average molecular weight is 308 g/mol. The molecule has 0 saturated carbocycles. The summed E-state index contributed by atoms with van der Waals surface area (Å²) < 4.78 is 1.05. The van der Waals surface area contributed by atoms with Gasteiger partial charge in [-0.15, -0.1) is 11.3 Å². The Hall–Kier alpha value is -2.20. The lowest BCUT2D eigenvalue weighted by molar-refractivity contribution is 0.0932. The van der Waals surface area contributed by atoms with Gasteiger partial charge >= 0.3 is 0 Å². The fourth-order valence-electron chi connectivity index (χ4n) is 3.09. The SMILES string of the molecule is O=C(N[C@H]1CCCc2ccccc21)c1nc2ccccc2s1. The summed E-state index contributed by atoms with van der Waals surface area (Å²) in [4.78, 5) is 17.0. The van der Waals surface area contributed by atoms with E-state index in [1.54, 1.807) is 0 Å². The molecule has 1 atom stereocenters. The third-order valence-corrected chi connectivity index (χ3v) is 5.20. The van der Waals surface area contributed by atoms with Crippen LogP contribution in [0.5, 0.6) is 0 Å². The first-order valence-electron chi connectivity index (χ1n) is 7.55. The molecule has 2 aromatic carbocycles. The minimum Gasteiger partial charge on any atom is -0.343 e. The maximum Gasteiger partial charge on any atom is 0.280 e. The topological polar surface area (TPSA) is 42.0 Å². The number of nitrogens with one attached hydrogen (secondary N) is 1. The summed E-state index contributed by atoms with van der Waals surface area (Å²) in [5.74, 6) is -0.0668. The van der Waals surface area contributed by atoms with Crippen LogP contribution < -0.4 is 5.32 Å². The summed E-state index contributed by atoms with van der Waals surface area (Å²) in [6.45, 7) is 0. The number of thiazole rings is 1. The quantitative estimate of drug-likeness (QED) is 0.774. The van der Waals surface area contributed by atoms with E-state index in [1.807, 2.05) is 30.3 Å². The minimum atomic E-state index is -0.0668. The molecule has 1 N–H and O–H groups in total. The van der Waals surface area contributed by atoms with Gasteiger partial charge in [0.15, 0.2) is 5.01 Å². The van der Waals surface area contributed by atoms with Crippen molar-refractivity contribution in [3.05, 3.63) is 64.7 Å². The van der Waals surface area contributed by atoms with Crippen LogP contribution in [0.25, 0.3) is 10.2 Å². The number of hydrogen-bond donors (Lipinski definition) is 1. The Balaban J connectivity index is 1.60. The van der Waals surface area contributed by atoms with Crippen LogP contribution in [0.2, 0.25) is 0 Å². The van der Waals surface area contributed by atoms with Crippen LogP contribution in [0.3, 0.4) is 0 Å². The molecule has 3 nitrogen and oxygen atoms in total. The molecular formula is C18H16N2OS. The predicted octanol–water partition coefficient (Wildman–Crippen LogP) is 4.10. The highest BCUT2D eigenvalue weighted by Crippen LogP contribution is 2.30. The molecule has 0 radical (unpaired) electrons. The lowest BCUT2D eigenvalue weighted by atomic mass is 9.88. The molecule has 4 rings (SSSR count). The lowest BCUT2D eigenvalue weighted by Crippen LogP contribution is -2.30. The van der Waals surface area contributed by atoms with Crippen molar-refractivity contribution >= 4 is 27.5 Å². The second-order valence-electron chi connectivity index (χ2n) is 5.60. The zero-order valence-corrected chi connectivity index (χ0v) is 12.9. The van der Waals surface area contributed by atoms with E-state index in [-0.39, 0.29) is 11.9 Å². The fourth-order valence-corrected chi connectivity index (χ4v) is 3.96. The normalized spacial score (nSPS) is 17.2. The third-order valence-electron chi connectivity index (χ3n) is 4.16. The van der Waals surface area contributed by atoms with E-state index in [0.717, 1.165) is 29.5 Å². The monoisotopic (exact) mass is 308 g/mol. The van der Waals surface area contributed by atoms with E-state index in [1.165, 1.54) is 22.5 Å². The van der Waals surface area contributed by atoms with Crippen LogP contribution in [-0.4, -0.2) is 10.9 Å². The van der Waals surface area contributed by atoms with Crippen molar-refractivity contribution in [2.45, 2.75) is 25.3 Å². The number of para-hydroxylation sites is 1. The molecule has 22 heavy (non-hydrogen) atoms. The Kier molecular flexibility index (Phi) is 3.39. The highest BCUT2D eigenvalue weighted by atomic mass is 32.1. The van der Waals surface area contributed by atoms with E-state index in [9.17, 15) is 4.79 Å². The van der Waals surface area contributed by atoms with Crippen molar-refractivity contribution < 1.29 is 4.79 Å². The van der Waals surface area contributed by atoms with Crippen molar-refractivity contribution in [1.29, 1.82) is 0 Å². The molecule has 3 aromatic rings. The van der Waals surface area contributed by atoms with Gasteiger partial charge in [0.2, 0.25) is 0 Å². The maximum absolute atomic E-state index is 12.5. The largest absolute Gasteiger partial charge is 0.343 e. The fraction of sp³-hybridized carbons (Fsp3) is 0.222. The van der Waals surface area contributed by atoms with Crippen molar-refractivity contribution in [2.24, 2.45) is 0 Å². The second kappa shape index (κ2) is 5.54. The van der Waals surface area contributed by atoms with Gasteiger partial charge in [0.1, 0.15) is 0 Å². The molecule has 4 heteroatoms. The van der Waals surface area contributed by atoms with Crippen molar-refractivity contribution in [3.8, 4) is 0 Å². The number of carbonyl (C=O) groups is 1. The molecule has 0 bridgehead atoms. The van der Waals surface area contributed by atoms with Crippen LogP contribution in [-0.2, 0) is 6.42 Å². The Morgan fingerprint density at radius 1 is 1.14 bits per heavy atom. The predicted molar refractivity (Wildman–Crippen MR) is 89.2 cm³/mol. The van der Waals surface area contributed by atoms with Crippen molar-refractivity contribution in [3.63, 3.8) is 0 Å². The van der Waals surface area contributed by atoms with Crippen molar-refractivity contribution in [2.75, 3.05) is 0 Å². The molecule has 0 unspecified atom stereocenters. The number of nitrogens with zero attached hydrogens (tertiary/aromatic N) is 1. The summed E-state index contributed by atoms with van der Waals surface area (Å²) in [7, 11) is 0. The summed E-state index contributed by atoms with van der Waals surface area (Å²) >= 11 is 1.45. The maximum atomic E-state index is 12.5. The van der Waals surface area contributed by atoms with Gasteiger partial charge in [-0.2, -0.15) is 0 Å². The molecule has 0 spiro atoms. The first kappa shape index (κ1) is 13.5. The van der Waals surface area contributed by atoms with Crippen LogP contribution in [0.15, 0.2) is 48.5 Å². The summed E-state index contributed by atoms with van der Waals surface area (Å²) in [5.41, 5.74) is 3.49. The molecule has 1 aromatic heterocycles.